The molecule has 0 aliphatic carbocycles. The van der Waals surface area contributed by atoms with Gasteiger partial charge in [-0.1, -0.05) is 29.8 Å². The van der Waals surface area contributed by atoms with Gasteiger partial charge in [0.15, 0.2) is 0 Å². The lowest BCUT2D eigenvalue weighted by Gasteiger charge is -2.13. The van der Waals surface area contributed by atoms with Crippen LogP contribution < -0.4 is 5.56 Å². The molecule has 25 heavy (non-hydrogen) atoms. The molecule has 3 rings (SSSR count). The monoisotopic (exact) mass is 372 g/mol. The largest absolute Gasteiger partial charge is 0.494 e. The second-order valence-corrected chi connectivity index (χ2v) is 6.86. The lowest BCUT2D eigenvalue weighted by atomic mass is 10.0. The van der Waals surface area contributed by atoms with Crippen LogP contribution in [0, 0.1) is 18.3 Å². The third kappa shape index (κ3) is 2.53. The zero-order valence-corrected chi connectivity index (χ0v) is 15.0. The average Bonchev–Trinajstić information content (AvgIpc) is 2.93. The number of ketones is 1. The van der Waals surface area contributed by atoms with Crippen molar-refractivity contribution in [2.75, 3.05) is 0 Å². The minimum atomic E-state index is -0.612. The summed E-state index contributed by atoms with van der Waals surface area (Å²) in [5.74, 6) is -0.942. The molecule has 2 heterocycles. The van der Waals surface area contributed by atoms with Gasteiger partial charge in [0.1, 0.15) is 11.6 Å². The SMILES string of the molecule is CCn1c(O)c(C(=O)c2sc3ccccc3c2Cl)c(C)c(C#N)c1=O. The van der Waals surface area contributed by atoms with Crippen molar-refractivity contribution in [3.05, 3.63) is 61.2 Å². The molecule has 0 fully saturated rings. The Balaban J connectivity index is 2.32. The van der Waals surface area contributed by atoms with E-state index in [-0.39, 0.29) is 28.1 Å². The van der Waals surface area contributed by atoms with Crippen LogP contribution in [0.2, 0.25) is 5.02 Å². The summed E-state index contributed by atoms with van der Waals surface area (Å²) in [5, 5.41) is 20.8. The normalized spacial score (nSPS) is 10.8. The summed E-state index contributed by atoms with van der Waals surface area (Å²) < 4.78 is 1.86. The first-order valence-corrected chi connectivity index (χ1v) is 8.70. The van der Waals surface area contributed by atoms with Crippen molar-refractivity contribution in [1.29, 1.82) is 5.26 Å². The molecule has 0 aliphatic heterocycles. The number of thiophene rings is 1. The van der Waals surface area contributed by atoms with Gasteiger partial charge in [0.2, 0.25) is 11.7 Å². The van der Waals surface area contributed by atoms with Crippen LogP contribution in [0.15, 0.2) is 29.1 Å². The predicted octanol–water partition coefficient (Wildman–Crippen LogP) is 3.85. The predicted molar refractivity (Wildman–Crippen MR) is 97.8 cm³/mol. The molecule has 0 spiro atoms. The molecule has 7 heteroatoms. The summed E-state index contributed by atoms with van der Waals surface area (Å²) in [6.45, 7) is 3.27. The Hall–Kier alpha value is -2.62. The van der Waals surface area contributed by atoms with E-state index in [1.54, 1.807) is 6.92 Å². The van der Waals surface area contributed by atoms with Crippen molar-refractivity contribution in [1.82, 2.24) is 4.57 Å². The summed E-state index contributed by atoms with van der Waals surface area (Å²) in [7, 11) is 0. The highest BCUT2D eigenvalue weighted by Gasteiger charge is 2.27. The Morgan fingerprint density at radius 3 is 2.68 bits per heavy atom. The van der Waals surface area contributed by atoms with E-state index in [2.05, 4.69) is 0 Å². The molecule has 0 bridgehead atoms. The van der Waals surface area contributed by atoms with Crippen molar-refractivity contribution in [2.45, 2.75) is 20.4 Å². The Morgan fingerprint density at radius 2 is 2.08 bits per heavy atom. The lowest BCUT2D eigenvalue weighted by molar-refractivity contribution is 0.103. The van der Waals surface area contributed by atoms with Gasteiger partial charge in [-0.2, -0.15) is 5.26 Å². The van der Waals surface area contributed by atoms with E-state index in [1.807, 2.05) is 30.3 Å². The van der Waals surface area contributed by atoms with Crippen LogP contribution in [0.4, 0.5) is 0 Å². The van der Waals surface area contributed by atoms with E-state index in [0.717, 1.165) is 14.7 Å². The van der Waals surface area contributed by atoms with E-state index >= 15 is 0 Å². The second-order valence-electron chi connectivity index (χ2n) is 5.43. The molecule has 0 amide bonds. The van der Waals surface area contributed by atoms with Gasteiger partial charge in [-0.3, -0.25) is 14.2 Å². The number of rotatable bonds is 3. The Kier molecular flexibility index (Phi) is 4.38. The summed E-state index contributed by atoms with van der Waals surface area (Å²) in [5.41, 5.74) is -0.668. The number of fused-ring (bicyclic) bond motifs is 1. The fraction of sp³-hybridized carbons (Fsp3) is 0.167. The van der Waals surface area contributed by atoms with Crippen LogP contribution in [-0.4, -0.2) is 15.5 Å². The van der Waals surface area contributed by atoms with Gasteiger partial charge in [0.25, 0.3) is 5.56 Å². The number of aromatic hydroxyl groups is 1. The molecule has 0 atom stereocenters. The highest BCUT2D eigenvalue weighted by atomic mass is 35.5. The van der Waals surface area contributed by atoms with Gasteiger partial charge in [-0.15, -0.1) is 11.3 Å². The maximum atomic E-state index is 13.1. The minimum absolute atomic E-state index is 0.0635. The van der Waals surface area contributed by atoms with Crippen molar-refractivity contribution in [2.24, 2.45) is 0 Å². The molecule has 2 aromatic heterocycles. The highest BCUT2D eigenvalue weighted by molar-refractivity contribution is 7.21. The molecule has 1 aromatic carbocycles. The molecule has 1 N–H and O–H groups in total. The van der Waals surface area contributed by atoms with Gasteiger partial charge in [-0.05, 0) is 25.5 Å². The molecule has 0 saturated carbocycles. The number of aromatic nitrogens is 1. The zero-order chi connectivity index (χ0) is 18.3. The Morgan fingerprint density at radius 1 is 1.40 bits per heavy atom. The van der Waals surface area contributed by atoms with Gasteiger partial charge in [-0.25, -0.2) is 0 Å². The first-order valence-electron chi connectivity index (χ1n) is 7.50. The second kappa shape index (κ2) is 6.36. The quantitative estimate of drug-likeness (QED) is 0.708. The number of carbonyl (C=O) groups excluding carboxylic acids is 1. The molecule has 0 aliphatic rings. The molecular weight excluding hydrogens is 360 g/mol. The molecule has 0 saturated heterocycles. The van der Waals surface area contributed by atoms with Gasteiger partial charge >= 0.3 is 0 Å². The molecule has 126 valence electrons. The Bertz CT molecular complexity index is 1120. The number of nitriles is 1. The zero-order valence-electron chi connectivity index (χ0n) is 13.5. The van der Waals surface area contributed by atoms with Crippen LogP contribution in [-0.2, 0) is 6.54 Å². The number of nitrogens with zero attached hydrogens (tertiary/aromatic N) is 2. The number of hydrogen-bond donors (Lipinski definition) is 1. The number of pyridine rings is 1. The average molecular weight is 373 g/mol. The van der Waals surface area contributed by atoms with E-state index < -0.39 is 17.2 Å². The summed E-state index contributed by atoms with van der Waals surface area (Å²) in [4.78, 5) is 25.6. The van der Waals surface area contributed by atoms with Crippen molar-refractivity contribution < 1.29 is 9.90 Å². The molecular formula is C18H13ClN2O3S. The number of halogens is 1. The summed E-state index contributed by atoms with van der Waals surface area (Å²) >= 11 is 7.57. The number of carbonyl (C=O) groups is 1. The number of benzene rings is 1. The minimum Gasteiger partial charge on any atom is -0.494 e. The van der Waals surface area contributed by atoms with E-state index in [9.17, 15) is 20.0 Å². The summed E-state index contributed by atoms with van der Waals surface area (Å²) in [6, 6.07) is 9.16. The van der Waals surface area contributed by atoms with E-state index in [0.29, 0.717) is 5.02 Å². The lowest BCUT2D eigenvalue weighted by Crippen LogP contribution is -2.26. The Labute approximate surface area is 152 Å². The van der Waals surface area contributed by atoms with Crippen LogP contribution >= 0.6 is 22.9 Å². The third-order valence-electron chi connectivity index (χ3n) is 4.08. The van der Waals surface area contributed by atoms with Crippen molar-refractivity contribution in [3.8, 4) is 11.9 Å². The van der Waals surface area contributed by atoms with Crippen molar-refractivity contribution >= 4 is 38.8 Å². The van der Waals surface area contributed by atoms with E-state index in [1.165, 1.54) is 18.3 Å². The van der Waals surface area contributed by atoms with Crippen LogP contribution in [0.5, 0.6) is 5.88 Å². The number of hydrogen-bond acceptors (Lipinski definition) is 5. The highest BCUT2D eigenvalue weighted by Crippen LogP contribution is 2.38. The standard InChI is InChI=1S/C18H13ClN2O3S/c1-3-21-17(23)11(8-20)9(2)13(18(21)24)15(22)16-14(19)10-6-4-5-7-12(10)25-16/h4-7,24H,3H2,1-2H3. The van der Waals surface area contributed by atoms with Crippen LogP contribution in [0.1, 0.15) is 33.3 Å². The maximum absolute atomic E-state index is 13.1. The van der Waals surface area contributed by atoms with Gasteiger partial charge in [0, 0.05) is 16.6 Å². The van der Waals surface area contributed by atoms with E-state index in [4.69, 9.17) is 11.6 Å². The molecule has 5 nitrogen and oxygen atoms in total. The molecule has 0 radical (unpaired) electrons. The third-order valence-corrected chi connectivity index (χ3v) is 5.76. The van der Waals surface area contributed by atoms with Crippen LogP contribution in [0.25, 0.3) is 10.1 Å². The first kappa shape index (κ1) is 17.2. The van der Waals surface area contributed by atoms with Crippen molar-refractivity contribution in [3.63, 3.8) is 0 Å². The first-order chi connectivity index (χ1) is 11.9. The topological polar surface area (TPSA) is 83.1 Å². The van der Waals surface area contributed by atoms with Gasteiger partial charge < -0.3 is 5.11 Å². The maximum Gasteiger partial charge on any atom is 0.271 e. The fourth-order valence-electron chi connectivity index (χ4n) is 2.79. The van der Waals surface area contributed by atoms with Gasteiger partial charge in [0.05, 0.1) is 15.5 Å². The van der Waals surface area contributed by atoms with Crippen LogP contribution in [0.3, 0.4) is 0 Å². The molecule has 3 aromatic rings. The molecule has 0 unspecified atom stereocenters. The fourth-order valence-corrected chi connectivity index (χ4v) is 4.25. The smallest absolute Gasteiger partial charge is 0.271 e. The summed E-state index contributed by atoms with van der Waals surface area (Å²) in [6.07, 6.45) is 0.